The van der Waals surface area contributed by atoms with Crippen LogP contribution < -0.4 is 10.6 Å². The van der Waals surface area contributed by atoms with Gasteiger partial charge in [0.25, 0.3) is 0 Å². The van der Waals surface area contributed by atoms with E-state index in [1.807, 2.05) is 0 Å². The lowest BCUT2D eigenvalue weighted by atomic mass is 9.69. The molecule has 0 unspecified atom stereocenters. The monoisotopic (exact) mass is 394 g/mol. The maximum atomic E-state index is 12.4. The molecule has 0 aromatic rings. The predicted octanol–water partition coefficient (Wildman–Crippen LogP) is 2.68. The van der Waals surface area contributed by atoms with Crippen LogP contribution in [0.2, 0.25) is 0 Å². The minimum Gasteiger partial charge on any atom is -0.458 e. The molecule has 6 nitrogen and oxygen atoms in total. The largest absolute Gasteiger partial charge is 0.458 e. The van der Waals surface area contributed by atoms with Crippen molar-refractivity contribution in [2.75, 3.05) is 26.2 Å². The van der Waals surface area contributed by atoms with Crippen LogP contribution in [0.25, 0.3) is 0 Å². The summed E-state index contributed by atoms with van der Waals surface area (Å²) < 4.78 is 11.5. The van der Waals surface area contributed by atoms with Gasteiger partial charge < -0.3 is 20.1 Å². The molecule has 2 aliphatic rings. The molecular formula is C22H38N2O4. The van der Waals surface area contributed by atoms with Crippen LogP contribution in [-0.2, 0) is 19.1 Å². The number of hydrogen-bond donors (Lipinski definition) is 2. The highest BCUT2D eigenvalue weighted by atomic mass is 16.6. The van der Waals surface area contributed by atoms with Crippen molar-refractivity contribution in [3.8, 4) is 0 Å². The van der Waals surface area contributed by atoms with E-state index in [9.17, 15) is 9.59 Å². The van der Waals surface area contributed by atoms with E-state index in [-0.39, 0.29) is 33.9 Å². The van der Waals surface area contributed by atoms with Crippen molar-refractivity contribution in [1.29, 1.82) is 0 Å². The Morgan fingerprint density at radius 3 is 1.14 bits per heavy atom. The molecule has 160 valence electrons. The molecule has 2 fully saturated rings. The molecule has 6 heteroatoms. The first-order valence-electron chi connectivity index (χ1n) is 10.2. The van der Waals surface area contributed by atoms with Crippen LogP contribution in [0.5, 0.6) is 0 Å². The third-order valence-corrected chi connectivity index (χ3v) is 5.99. The van der Waals surface area contributed by atoms with Crippen molar-refractivity contribution in [2.24, 2.45) is 21.7 Å². The number of nitrogens with one attached hydrogen (secondary N) is 2. The van der Waals surface area contributed by atoms with Crippen molar-refractivity contribution >= 4 is 11.9 Å². The first-order chi connectivity index (χ1) is 12.7. The third-order valence-electron chi connectivity index (χ3n) is 5.99. The van der Waals surface area contributed by atoms with E-state index in [0.717, 1.165) is 26.2 Å². The van der Waals surface area contributed by atoms with Crippen molar-refractivity contribution in [1.82, 2.24) is 10.6 Å². The van der Waals surface area contributed by atoms with E-state index in [4.69, 9.17) is 9.47 Å². The summed E-state index contributed by atoms with van der Waals surface area (Å²) in [5.41, 5.74) is -0.742. The van der Waals surface area contributed by atoms with Crippen molar-refractivity contribution in [3.05, 3.63) is 12.2 Å². The second kappa shape index (κ2) is 7.79. The van der Waals surface area contributed by atoms with Gasteiger partial charge in [-0.25, -0.2) is 9.59 Å². The third kappa shape index (κ3) is 5.15. The SMILES string of the molecule is CC1(C)CNCC(C)(C)C1OC(=O)C=CC(=O)OC1C(C)(C)CNCC1(C)C. The molecule has 0 atom stereocenters. The van der Waals surface area contributed by atoms with Gasteiger partial charge in [0.15, 0.2) is 0 Å². The first-order valence-corrected chi connectivity index (χ1v) is 10.2. The lowest BCUT2D eigenvalue weighted by Gasteiger charge is -2.48. The fourth-order valence-corrected chi connectivity index (χ4v) is 4.99. The minimum atomic E-state index is -0.506. The Kier molecular flexibility index (Phi) is 6.37. The number of hydrogen-bond acceptors (Lipinski definition) is 6. The van der Waals surface area contributed by atoms with Crippen LogP contribution in [0.3, 0.4) is 0 Å². The van der Waals surface area contributed by atoms with Gasteiger partial charge in [0, 0.05) is 60.0 Å². The van der Waals surface area contributed by atoms with E-state index >= 15 is 0 Å². The summed E-state index contributed by atoms with van der Waals surface area (Å²) in [4.78, 5) is 24.8. The maximum absolute atomic E-state index is 12.4. The van der Waals surface area contributed by atoms with E-state index in [1.165, 1.54) is 12.2 Å². The number of rotatable bonds is 4. The Morgan fingerprint density at radius 1 is 0.643 bits per heavy atom. The summed E-state index contributed by atoms with van der Waals surface area (Å²) in [6.45, 7) is 19.8. The Bertz CT molecular complexity index is 548. The highest BCUT2D eigenvalue weighted by Gasteiger charge is 2.47. The highest BCUT2D eigenvalue weighted by Crippen LogP contribution is 2.40. The lowest BCUT2D eigenvalue weighted by Crippen LogP contribution is -2.58. The number of ether oxygens (including phenoxy) is 2. The van der Waals surface area contributed by atoms with Gasteiger partial charge in [0.1, 0.15) is 12.2 Å². The number of carbonyl (C=O) groups is 2. The molecule has 0 bridgehead atoms. The molecule has 0 aromatic heterocycles. The van der Waals surface area contributed by atoms with Gasteiger partial charge in [-0.1, -0.05) is 55.4 Å². The molecule has 0 saturated carbocycles. The van der Waals surface area contributed by atoms with Crippen LogP contribution in [0.15, 0.2) is 12.2 Å². The average Bonchev–Trinajstić information content (AvgIpc) is 2.52. The molecule has 2 N–H and O–H groups in total. The Balaban J connectivity index is 2.00. The Hall–Kier alpha value is -1.40. The molecule has 0 aliphatic carbocycles. The molecule has 2 saturated heterocycles. The van der Waals surface area contributed by atoms with Gasteiger partial charge in [-0.2, -0.15) is 0 Å². The lowest BCUT2D eigenvalue weighted by molar-refractivity contribution is -0.165. The van der Waals surface area contributed by atoms with Gasteiger partial charge in [-0.15, -0.1) is 0 Å². The summed E-state index contributed by atoms with van der Waals surface area (Å²) in [5.74, 6) is -1.01. The number of esters is 2. The van der Waals surface area contributed by atoms with Crippen LogP contribution in [-0.4, -0.2) is 50.3 Å². The van der Waals surface area contributed by atoms with Gasteiger partial charge >= 0.3 is 11.9 Å². The van der Waals surface area contributed by atoms with Gasteiger partial charge in [0.05, 0.1) is 0 Å². The Morgan fingerprint density at radius 2 is 0.893 bits per heavy atom. The highest BCUT2D eigenvalue weighted by molar-refractivity contribution is 5.91. The second-order valence-corrected chi connectivity index (χ2v) is 11.1. The summed E-state index contributed by atoms with van der Waals surface area (Å²) in [6.07, 6.45) is 1.91. The van der Waals surface area contributed by atoms with E-state index < -0.39 is 11.9 Å². The zero-order valence-corrected chi connectivity index (χ0v) is 18.8. The zero-order chi connectivity index (χ0) is 21.4. The molecule has 0 amide bonds. The summed E-state index contributed by atoms with van der Waals surface area (Å²) in [6, 6.07) is 0. The predicted molar refractivity (Wildman–Crippen MR) is 110 cm³/mol. The fourth-order valence-electron chi connectivity index (χ4n) is 4.99. The van der Waals surface area contributed by atoms with Gasteiger partial charge in [-0.05, 0) is 0 Å². The van der Waals surface area contributed by atoms with Crippen LogP contribution in [0.1, 0.15) is 55.4 Å². The van der Waals surface area contributed by atoms with E-state index in [0.29, 0.717) is 0 Å². The summed E-state index contributed by atoms with van der Waals surface area (Å²) in [5, 5.41) is 6.78. The van der Waals surface area contributed by atoms with Crippen molar-refractivity contribution < 1.29 is 19.1 Å². The molecule has 2 rings (SSSR count). The van der Waals surface area contributed by atoms with Crippen LogP contribution in [0.4, 0.5) is 0 Å². The Labute approximate surface area is 169 Å². The number of carbonyl (C=O) groups excluding carboxylic acids is 2. The van der Waals surface area contributed by atoms with E-state index in [1.54, 1.807) is 0 Å². The summed E-state index contributed by atoms with van der Waals surface area (Å²) >= 11 is 0. The van der Waals surface area contributed by atoms with Gasteiger partial charge in [0.2, 0.25) is 0 Å². The maximum Gasteiger partial charge on any atom is 0.331 e. The molecule has 0 radical (unpaired) electrons. The molecule has 0 aromatic carbocycles. The summed E-state index contributed by atoms with van der Waals surface area (Å²) in [7, 11) is 0. The van der Waals surface area contributed by atoms with Crippen molar-refractivity contribution in [2.45, 2.75) is 67.6 Å². The normalized spacial score (nSPS) is 26.7. The van der Waals surface area contributed by atoms with Crippen LogP contribution in [0, 0.1) is 21.7 Å². The first kappa shape index (κ1) is 22.9. The molecule has 2 aliphatic heterocycles. The van der Waals surface area contributed by atoms with Crippen LogP contribution >= 0.6 is 0 Å². The zero-order valence-electron chi connectivity index (χ0n) is 18.8. The van der Waals surface area contributed by atoms with E-state index in [2.05, 4.69) is 66.0 Å². The smallest absolute Gasteiger partial charge is 0.331 e. The molecule has 0 spiro atoms. The number of piperidine rings is 2. The molecule has 28 heavy (non-hydrogen) atoms. The second-order valence-electron chi connectivity index (χ2n) is 11.1. The van der Waals surface area contributed by atoms with Crippen molar-refractivity contribution in [3.63, 3.8) is 0 Å². The molecule has 2 heterocycles. The standard InChI is InChI=1S/C22H38N2O4/c1-19(2)11-23-12-20(3,4)17(19)27-15(25)9-10-16(26)28-18-21(5,6)13-24-14-22(18,7)8/h9-10,17-18,23-24H,11-14H2,1-8H3. The topological polar surface area (TPSA) is 76.7 Å². The minimum absolute atomic E-state index is 0.186. The average molecular weight is 395 g/mol. The molecular weight excluding hydrogens is 356 g/mol. The quantitative estimate of drug-likeness (QED) is 0.564. The van der Waals surface area contributed by atoms with Gasteiger partial charge in [-0.3, -0.25) is 0 Å². The fraction of sp³-hybridized carbons (Fsp3) is 0.818.